The average Bonchev–Trinajstić information content (AvgIpc) is 3.45. The normalized spacial score (nSPS) is 15.3. The summed E-state index contributed by atoms with van der Waals surface area (Å²) < 4.78 is 15.4. The third kappa shape index (κ3) is 4.72. The number of hydrogen-bond acceptors (Lipinski definition) is 6. The van der Waals surface area contributed by atoms with Crippen LogP contribution in [0.3, 0.4) is 0 Å². The zero-order valence-corrected chi connectivity index (χ0v) is 21.8. The van der Waals surface area contributed by atoms with Crippen molar-refractivity contribution >= 4 is 34.1 Å². The van der Waals surface area contributed by atoms with Crippen LogP contribution in [0.25, 0.3) is 16.7 Å². The highest BCUT2D eigenvalue weighted by atomic mass is 32.1. The highest BCUT2D eigenvalue weighted by molar-refractivity contribution is 7.12. The van der Waals surface area contributed by atoms with Crippen molar-refractivity contribution in [2.45, 2.75) is 46.0 Å². The maximum atomic E-state index is 13.6. The lowest BCUT2D eigenvalue weighted by Gasteiger charge is -2.24. The molecule has 3 aromatic heterocycles. The van der Waals surface area contributed by atoms with E-state index < -0.39 is 0 Å². The number of carbonyl (C=O) groups excluding carboxylic acids is 1. The lowest BCUT2D eigenvalue weighted by Crippen LogP contribution is -2.35. The number of fused-ring (bicyclic) bond motifs is 1. The van der Waals surface area contributed by atoms with Gasteiger partial charge in [-0.25, -0.2) is 19.0 Å². The Kier molecular flexibility index (Phi) is 7.00. The summed E-state index contributed by atoms with van der Waals surface area (Å²) >= 11 is 1.48. The topological polar surface area (TPSA) is 67.2 Å². The highest BCUT2D eigenvalue weighted by Gasteiger charge is 2.26. The molecular formula is C27H31FN6OS. The summed E-state index contributed by atoms with van der Waals surface area (Å²) in [6.07, 6.45) is 2.88. The van der Waals surface area contributed by atoms with Crippen molar-refractivity contribution in [1.82, 2.24) is 24.6 Å². The fourth-order valence-corrected chi connectivity index (χ4v) is 5.53. The number of rotatable bonds is 6. The van der Waals surface area contributed by atoms with Crippen molar-refractivity contribution in [1.29, 1.82) is 0 Å². The maximum absolute atomic E-state index is 13.6. The molecule has 188 valence electrons. The molecule has 0 spiro atoms. The third-order valence-corrected chi connectivity index (χ3v) is 7.61. The van der Waals surface area contributed by atoms with Gasteiger partial charge in [-0.3, -0.25) is 4.79 Å². The zero-order valence-electron chi connectivity index (χ0n) is 20.9. The van der Waals surface area contributed by atoms with Gasteiger partial charge in [0.05, 0.1) is 21.6 Å². The van der Waals surface area contributed by atoms with Gasteiger partial charge in [0.15, 0.2) is 5.65 Å². The van der Waals surface area contributed by atoms with Gasteiger partial charge in [-0.2, -0.15) is 5.10 Å². The Balaban J connectivity index is 1.55. The van der Waals surface area contributed by atoms with E-state index in [4.69, 9.17) is 15.1 Å². The summed E-state index contributed by atoms with van der Waals surface area (Å²) in [5, 5.41) is 7.64. The molecule has 1 fully saturated rings. The summed E-state index contributed by atoms with van der Waals surface area (Å²) in [5.74, 6) is 1.66. The Morgan fingerprint density at radius 2 is 1.92 bits per heavy atom. The summed E-state index contributed by atoms with van der Waals surface area (Å²) in [6.45, 7) is 9.12. The number of hydrogen-bond donors (Lipinski definition) is 0. The number of thiophene rings is 1. The average molecular weight is 507 g/mol. The van der Waals surface area contributed by atoms with Crippen LogP contribution in [-0.4, -0.2) is 56.7 Å². The molecule has 0 aliphatic carbocycles. The van der Waals surface area contributed by atoms with E-state index in [9.17, 15) is 9.18 Å². The maximum Gasteiger partial charge on any atom is 0.263 e. The number of carbonyl (C=O) groups is 1. The van der Waals surface area contributed by atoms with E-state index >= 15 is 0 Å². The molecule has 0 bridgehead atoms. The molecule has 36 heavy (non-hydrogen) atoms. The Morgan fingerprint density at radius 1 is 1.11 bits per heavy atom. The Labute approximate surface area is 214 Å². The van der Waals surface area contributed by atoms with Gasteiger partial charge in [0, 0.05) is 32.1 Å². The standard InChI is InChI=1S/C27H31FN6OS/c1-4-7-18(2)24-29-25(32-13-6-14-33(16-15-32)27(35)22-8-5-17-36-22)23-19(3)31-34(26(23)30-24)21-11-9-20(28)10-12-21/h5,8-12,17-18H,4,6-7,13-16H2,1-3H3. The fraction of sp³-hybridized carbons (Fsp3) is 0.407. The molecule has 1 amide bonds. The molecule has 1 aromatic carbocycles. The minimum absolute atomic E-state index is 0.0947. The molecule has 1 aliphatic heterocycles. The van der Waals surface area contributed by atoms with E-state index in [0.29, 0.717) is 19.6 Å². The number of nitrogens with zero attached hydrogens (tertiary/aromatic N) is 6. The molecule has 1 atom stereocenters. The van der Waals surface area contributed by atoms with Crippen LogP contribution in [0.2, 0.25) is 0 Å². The summed E-state index contributed by atoms with van der Waals surface area (Å²) in [6, 6.07) is 10.1. The minimum Gasteiger partial charge on any atom is -0.354 e. The van der Waals surface area contributed by atoms with Crippen LogP contribution in [-0.2, 0) is 0 Å². The van der Waals surface area contributed by atoms with E-state index in [2.05, 4.69) is 18.7 Å². The Morgan fingerprint density at radius 3 is 2.64 bits per heavy atom. The fourth-order valence-electron chi connectivity index (χ4n) is 4.84. The van der Waals surface area contributed by atoms with Crippen LogP contribution in [0.1, 0.15) is 60.2 Å². The summed E-state index contributed by atoms with van der Waals surface area (Å²) in [5.41, 5.74) is 2.32. The second-order valence-corrected chi connectivity index (χ2v) is 10.3. The van der Waals surface area contributed by atoms with Crippen molar-refractivity contribution in [2.24, 2.45) is 0 Å². The van der Waals surface area contributed by atoms with Crippen molar-refractivity contribution in [2.75, 3.05) is 31.1 Å². The summed E-state index contributed by atoms with van der Waals surface area (Å²) in [4.78, 5) is 28.0. The third-order valence-electron chi connectivity index (χ3n) is 6.75. The van der Waals surface area contributed by atoms with E-state index in [1.807, 2.05) is 29.3 Å². The lowest BCUT2D eigenvalue weighted by atomic mass is 10.1. The first kappa shape index (κ1) is 24.4. The molecule has 5 rings (SSSR count). The molecule has 0 saturated carbocycles. The second kappa shape index (κ2) is 10.3. The van der Waals surface area contributed by atoms with Gasteiger partial charge in [0.25, 0.3) is 5.91 Å². The summed E-state index contributed by atoms with van der Waals surface area (Å²) in [7, 11) is 0. The molecule has 0 N–H and O–H groups in total. The van der Waals surface area contributed by atoms with Crippen LogP contribution < -0.4 is 4.90 Å². The molecule has 1 aliphatic rings. The molecule has 4 aromatic rings. The quantitative estimate of drug-likeness (QED) is 0.342. The number of halogens is 1. The van der Waals surface area contributed by atoms with Gasteiger partial charge in [-0.05, 0) is 55.5 Å². The van der Waals surface area contributed by atoms with Gasteiger partial charge < -0.3 is 9.80 Å². The van der Waals surface area contributed by atoms with Gasteiger partial charge in [0.2, 0.25) is 0 Å². The lowest BCUT2D eigenvalue weighted by molar-refractivity contribution is 0.0772. The molecule has 4 heterocycles. The SMILES string of the molecule is CCCC(C)c1nc(N2CCCN(C(=O)c3cccs3)CC2)c2c(C)nn(-c3ccc(F)cc3)c2n1. The van der Waals surface area contributed by atoms with E-state index in [0.717, 1.165) is 64.7 Å². The number of aryl methyl sites for hydroxylation is 1. The molecule has 0 radical (unpaired) electrons. The molecule has 1 unspecified atom stereocenters. The first-order valence-electron chi connectivity index (χ1n) is 12.6. The van der Waals surface area contributed by atoms with Crippen molar-refractivity contribution in [3.05, 3.63) is 64.0 Å². The van der Waals surface area contributed by atoms with Crippen molar-refractivity contribution < 1.29 is 9.18 Å². The monoisotopic (exact) mass is 506 g/mol. The molecule has 9 heteroatoms. The van der Waals surface area contributed by atoms with Gasteiger partial charge in [-0.1, -0.05) is 26.3 Å². The minimum atomic E-state index is -0.286. The van der Waals surface area contributed by atoms with Crippen LogP contribution in [0.4, 0.5) is 10.2 Å². The second-order valence-electron chi connectivity index (χ2n) is 9.38. The number of amides is 1. The van der Waals surface area contributed by atoms with Crippen molar-refractivity contribution in [3.63, 3.8) is 0 Å². The molecular weight excluding hydrogens is 475 g/mol. The zero-order chi connectivity index (χ0) is 25.2. The molecule has 7 nitrogen and oxygen atoms in total. The van der Waals surface area contributed by atoms with E-state index in [1.165, 1.54) is 23.5 Å². The number of aromatic nitrogens is 4. The number of benzene rings is 1. The highest BCUT2D eigenvalue weighted by Crippen LogP contribution is 2.32. The van der Waals surface area contributed by atoms with Crippen LogP contribution >= 0.6 is 11.3 Å². The Bertz CT molecular complexity index is 1350. The van der Waals surface area contributed by atoms with Crippen LogP contribution in [0.5, 0.6) is 0 Å². The first-order valence-corrected chi connectivity index (χ1v) is 13.4. The predicted octanol–water partition coefficient (Wildman–Crippen LogP) is 5.58. The smallest absolute Gasteiger partial charge is 0.263 e. The molecule has 1 saturated heterocycles. The van der Waals surface area contributed by atoms with Gasteiger partial charge in [0.1, 0.15) is 17.5 Å². The van der Waals surface area contributed by atoms with E-state index in [1.54, 1.807) is 16.8 Å². The van der Waals surface area contributed by atoms with Gasteiger partial charge in [-0.15, -0.1) is 11.3 Å². The first-order chi connectivity index (χ1) is 17.5. The van der Waals surface area contributed by atoms with Crippen molar-refractivity contribution in [3.8, 4) is 5.69 Å². The predicted molar refractivity (Wildman–Crippen MR) is 142 cm³/mol. The Hall–Kier alpha value is -3.33. The largest absolute Gasteiger partial charge is 0.354 e. The van der Waals surface area contributed by atoms with Crippen LogP contribution in [0, 0.1) is 12.7 Å². The number of anilines is 1. The van der Waals surface area contributed by atoms with Crippen LogP contribution in [0.15, 0.2) is 41.8 Å². The van der Waals surface area contributed by atoms with Gasteiger partial charge >= 0.3 is 0 Å². The van der Waals surface area contributed by atoms with E-state index in [-0.39, 0.29) is 17.6 Å².